The molecule has 1 aromatic heterocycles. The van der Waals surface area contributed by atoms with Crippen LogP contribution in [0.4, 0.5) is 0 Å². The monoisotopic (exact) mass is 140 g/mol. The molecule has 0 N–H and O–H groups in total. The Morgan fingerprint density at radius 1 is 1.33 bits per heavy atom. The van der Waals surface area contributed by atoms with Crippen molar-refractivity contribution >= 4 is 23.7 Å². The molecule has 0 aliphatic carbocycles. The second kappa shape index (κ2) is 2.73. The Morgan fingerprint density at radius 2 is 2.11 bits per heavy atom. The summed E-state index contributed by atoms with van der Waals surface area (Å²) in [5.41, 5.74) is 0. The van der Waals surface area contributed by atoms with Crippen LogP contribution in [-0.2, 0) is 0 Å². The highest BCUT2D eigenvalue weighted by molar-refractivity contribution is 7.03. The summed E-state index contributed by atoms with van der Waals surface area (Å²) in [6.45, 7) is 3.95. The fourth-order valence-corrected chi connectivity index (χ4v) is 1.18. The molecule has 0 saturated heterocycles. The minimum absolute atomic E-state index is 0.988. The average molecular weight is 140 g/mol. The van der Waals surface area contributed by atoms with Gasteiger partial charge in [-0.1, -0.05) is 16.6 Å². The van der Waals surface area contributed by atoms with Gasteiger partial charge in [-0.15, -0.1) is 5.10 Å². The molecule has 1 aromatic rings. The summed E-state index contributed by atoms with van der Waals surface area (Å²) in [6, 6.07) is 0. The van der Waals surface area contributed by atoms with Crippen molar-refractivity contribution in [1.29, 1.82) is 0 Å². The van der Waals surface area contributed by atoms with E-state index in [9.17, 15) is 0 Å². The summed E-state index contributed by atoms with van der Waals surface area (Å²) in [7, 11) is 0. The summed E-state index contributed by atoms with van der Waals surface area (Å²) < 4.78 is 4.94. The summed E-state index contributed by atoms with van der Waals surface area (Å²) in [5, 5.41) is 4.88. The standard InChI is InChI=1S/C6H8N2S/c1-3-5-6(4-2)9-8-7-5/h3-4H,1-2H3. The van der Waals surface area contributed by atoms with Crippen LogP contribution in [0.2, 0.25) is 0 Å². The Morgan fingerprint density at radius 3 is 2.56 bits per heavy atom. The van der Waals surface area contributed by atoms with E-state index in [2.05, 4.69) is 9.59 Å². The maximum atomic E-state index is 3.89. The lowest BCUT2D eigenvalue weighted by molar-refractivity contribution is 1.10. The molecule has 3 heteroatoms. The van der Waals surface area contributed by atoms with Gasteiger partial charge in [0.25, 0.3) is 0 Å². The Labute approximate surface area is 57.7 Å². The van der Waals surface area contributed by atoms with E-state index < -0.39 is 0 Å². The van der Waals surface area contributed by atoms with Crippen LogP contribution < -0.4 is 9.88 Å². The molecular formula is C6H8N2S. The average Bonchev–Trinajstić information content (AvgIpc) is 2.33. The third-order valence-corrected chi connectivity index (χ3v) is 1.88. The molecule has 9 heavy (non-hydrogen) atoms. The zero-order chi connectivity index (χ0) is 6.69. The van der Waals surface area contributed by atoms with E-state index in [1.807, 2.05) is 26.0 Å². The van der Waals surface area contributed by atoms with E-state index in [0.29, 0.717) is 0 Å². The maximum absolute atomic E-state index is 3.89. The van der Waals surface area contributed by atoms with Crippen LogP contribution in [0.25, 0.3) is 12.2 Å². The minimum Gasteiger partial charge on any atom is -0.138 e. The highest BCUT2D eigenvalue weighted by Crippen LogP contribution is 1.67. The van der Waals surface area contributed by atoms with E-state index >= 15 is 0 Å². The Bertz CT molecular complexity index is 258. The van der Waals surface area contributed by atoms with Crippen LogP contribution in [0.3, 0.4) is 0 Å². The third-order valence-electron chi connectivity index (χ3n) is 1.08. The van der Waals surface area contributed by atoms with Crippen LogP contribution in [0.15, 0.2) is 0 Å². The van der Waals surface area contributed by atoms with Crippen molar-refractivity contribution in [2.75, 3.05) is 0 Å². The second-order valence-electron chi connectivity index (χ2n) is 1.60. The summed E-state index contributed by atoms with van der Waals surface area (Å²) >= 11 is 1.43. The lowest BCUT2D eigenvalue weighted by Gasteiger charge is -1.66. The van der Waals surface area contributed by atoms with Crippen molar-refractivity contribution in [3.05, 3.63) is 9.88 Å². The Balaban J connectivity index is 3.50. The van der Waals surface area contributed by atoms with Gasteiger partial charge in [0.05, 0.1) is 4.53 Å². The van der Waals surface area contributed by atoms with Crippen molar-refractivity contribution in [2.45, 2.75) is 13.8 Å². The Kier molecular flexibility index (Phi) is 1.95. The van der Waals surface area contributed by atoms with E-state index in [1.54, 1.807) is 0 Å². The predicted octanol–water partition coefficient (Wildman–Crippen LogP) is 0.139. The zero-order valence-corrected chi connectivity index (χ0v) is 6.27. The van der Waals surface area contributed by atoms with Crippen molar-refractivity contribution < 1.29 is 0 Å². The first kappa shape index (κ1) is 6.42. The van der Waals surface area contributed by atoms with Gasteiger partial charge in [0.1, 0.15) is 5.35 Å². The molecular weight excluding hydrogens is 132 g/mol. The number of nitrogens with zero attached hydrogens (tertiary/aromatic N) is 2. The predicted molar refractivity (Wildman–Crippen MR) is 39.4 cm³/mol. The number of rotatable bonds is 0. The molecule has 0 radical (unpaired) electrons. The number of aromatic nitrogens is 2. The smallest absolute Gasteiger partial charge is 0.101 e. The van der Waals surface area contributed by atoms with Crippen LogP contribution in [-0.4, -0.2) is 9.59 Å². The first-order valence-electron chi connectivity index (χ1n) is 2.79. The fourth-order valence-electron chi connectivity index (χ4n) is 0.605. The third kappa shape index (κ3) is 1.16. The molecule has 48 valence electrons. The number of hydrogen-bond acceptors (Lipinski definition) is 3. The van der Waals surface area contributed by atoms with Crippen LogP contribution in [0.1, 0.15) is 13.8 Å². The van der Waals surface area contributed by atoms with E-state index in [-0.39, 0.29) is 0 Å². The normalized spacial score (nSPS) is 14.9. The van der Waals surface area contributed by atoms with Crippen molar-refractivity contribution in [2.24, 2.45) is 0 Å². The van der Waals surface area contributed by atoms with E-state index in [0.717, 1.165) is 9.88 Å². The van der Waals surface area contributed by atoms with Gasteiger partial charge in [0.15, 0.2) is 0 Å². The molecule has 2 nitrogen and oxygen atoms in total. The summed E-state index contributed by atoms with van der Waals surface area (Å²) in [4.78, 5) is 0. The SMILES string of the molecule is CC=c1nnsc1=CC. The molecule has 0 aliphatic rings. The molecule has 1 rings (SSSR count). The van der Waals surface area contributed by atoms with Gasteiger partial charge in [0.2, 0.25) is 0 Å². The lowest BCUT2D eigenvalue weighted by Crippen LogP contribution is -2.19. The maximum Gasteiger partial charge on any atom is 0.101 e. The molecule has 0 unspecified atom stereocenters. The summed E-state index contributed by atoms with van der Waals surface area (Å²) in [6.07, 6.45) is 3.97. The Hall–Kier alpha value is -0.700. The van der Waals surface area contributed by atoms with Gasteiger partial charge in [-0.3, -0.25) is 0 Å². The van der Waals surface area contributed by atoms with Crippen LogP contribution in [0, 0.1) is 0 Å². The topological polar surface area (TPSA) is 25.8 Å². The van der Waals surface area contributed by atoms with Crippen molar-refractivity contribution in [3.63, 3.8) is 0 Å². The summed E-state index contributed by atoms with van der Waals surface area (Å²) in [5.74, 6) is 0. The second-order valence-corrected chi connectivity index (χ2v) is 2.39. The molecule has 1 heterocycles. The first-order valence-corrected chi connectivity index (χ1v) is 3.57. The highest BCUT2D eigenvalue weighted by Gasteiger charge is 1.83. The zero-order valence-electron chi connectivity index (χ0n) is 5.46. The highest BCUT2D eigenvalue weighted by atomic mass is 32.1. The van der Waals surface area contributed by atoms with Crippen LogP contribution in [0.5, 0.6) is 0 Å². The molecule has 0 fully saturated rings. The largest absolute Gasteiger partial charge is 0.138 e. The molecule has 0 spiro atoms. The minimum atomic E-state index is 0.988. The van der Waals surface area contributed by atoms with Gasteiger partial charge in [0, 0.05) is 0 Å². The van der Waals surface area contributed by atoms with Gasteiger partial charge < -0.3 is 0 Å². The fraction of sp³-hybridized carbons (Fsp3) is 0.333. The van der Waals surface area contributed by atoms with Crippen molar-refractivity contribution in [1.82, 2.24) is 9.59 Å². The van der Waals surface area contributed by atoms with Crippen LogP contribution >= 0.6 is 11.5 Å². The van der Waals surface area contributed by atoms with Gasteiger partial charge in [-0.05, 0) is 25.4 Å². The molecule has 0 amide bonds. The van der Waals surface area contributed by atoms with E-state index in [4.69, 9.17) is 0 Å². The lowest BCUT2D eigenvalue weighted by atomic mass is 10.5. The van der Waals surface area contributed by atoms with E-state index in [1.165, 1.54) is 11.5 Å². The van der Waals surface area contributed by atoms with Gasteiger partial charge >= 0.3 is 0 Å². The molecule has 0 bridgehead atoms. The first-order chi connectivity index (χ1) is 4.38. The molecule has 0 saturated carbocycles. The number of hydrogen-bond donors (Lipinski definition) is 0. The van der Waals surface area contributed by atoms with Crippen molar-refractivity contribution in [3.8, 4) is 0 Å². The quantitative estimate of drug-likeness (QED) is 0.512. The van der Waals surface area contributed by atoms with Gasteiger partial charge in [-0.2, -0.15) is 0 Å². The molecule has 0 aromatic carbocycles. The molecule has 0 aliphatic heterocycles. The molecule has 0 atom stereocenters. The van der Waals surface area contributed by atoms with Gasteiger partial charge in [-0.25, -0.2) is 0 Å².